The zero-order chi connectivity index (χ0) is 13.7. The molecule has 0 saturated heterocycles. The minimum absolute atomic E-state index is 0. The standard InChI is InChI=1S/C12H16N2O4.ClH/c1-8(2)7-11(13)12(15)18-10-5-3-9(4-6-10)14(16)17;/h3-6,8,11H,7,13H2,1-2H3;1H/t11-;/m0./s1. The number of nitro groups is 1. The van der Waals surface area contributed by atoms with Gasteiger partial charge >= 0.3 is 5.97 Å². The van der Waals surface area contributed by atoms with Gasteiger partial charge in [0, 0.05) is 12.1 Å². The highest BCUT2D eigenvalue weighted by molar-refractivity contribution is 5.85. The van der Waals surface area contributed by atoms with Crippen molar-refractivity contribution >= 4 is 24.1 Å². The molecule has 0 aliphatic rings. The van der Waals surface area contributed by atoms with E-state index in [2.05, 4.69) is 0 Å². The first-order chi connectivity index (χ1) is 8.40. The van der Waals surface area contributed by atoms with Gasteiger partial charge in [0.25, 0.3) is 5.69 Å². The van der Waals surface area contributed by atoms with E-state index in [1.165, 1.54) is 24.3 Å². The molecule has 0 aliphatic carbocycles. The second-order valence-corrected chi connectivity index (χ2v) is 4.41. The number of non-ortho nitro benzene ring substituents is 1. The highest BCUT2D eigenvalue weighted by atomic mass is 35.5. The Morgan fingerprint density at radius 1 is 1.37 bits per heavy atom. The molecule has 106 valence electrons. The van der Waals surface area contributed by atoms with Gasteiger partial charge in [-0.2, -0.15) is 0 Å². The molecule has 0 aromatic heterocycles. The monoisotopic (exact) mass is 288 g/mol. The van der Waals surface area contributed by atoms with Crippen LogP contribution in [0.25, 0.3) is 0 Å². The van der Waals surface area contributed by atoms with Crippen LogP contribution in [0.5, 0.6) is 5.75 Å². The lowest BCUT2D eigenvalue weighted by atomic mass is 10.1. The van der Waals surface area contributed by atoms with Crippen molar-refractivity contribution in [3.8, 4) is 5.75 Å². The third kappa shape index (κ3) is 5.67. The van der Waals surface area contributed by atoms with Gasteiger partial charge in [0.2, 0.25) is 0 Å². The van der Waals surface area contributed by atoms with Crippen molar-refractivity contribution in [3.05, 3.63) is 34.4 Å². The minimum atomic E-state index is -0.680. The van der Waals surface area contributed by atoms with Crippen LogP contribution in [0.1, 0.15) is 20.3 Å². The van der Waals surface area contributed by atoms with Gasteiger partial charge in [-0.15, -0.1) is 12.4 Å². The highest BCUT2D eigenvalue weighted by Gasteiger charge is 2.17. The largest absolute Gasteiger partial charge is 0.425 e. The summed E-state index contributed by atoms with van der Waals surface area (Å²) >= 11 is 0. The van der Waals surface area contributed by atoms with Gasteiger partial charge in [0.05, 0.1) is 4.92 Å². The fraction of sp³-hybridized carbons (Fsp3) is 0.417. The van der Waals surface area contributed by atoms with Gasteiger partial charge in [0.15, 0.2) is 0 Å². The number of benzene rings is 1. The Bertz CT molecular complexity index is 434. The van der Waals surface area contributed by atoms with Crippen molar-refractivity contribution in [2.75, 3.05) is 0 Å². The van der Waals surface area contributed by atoms with E-state index in [-0.39, 0.29) is 23.8 Å². The van der Waals surface area contributed by atoms with Gasteiger partial charge in [-0.1, -0.05) is 13.8 Å². The van der Waals surface area contributed by atoms with E-state index in [0.29, 0.717) is 12.3 Å². The minimum Gasteiger partial charge on any atom is -0.425 e. The van der Waals surface area contributed by atoms with E-state index >= 15 is 0 Å². The molecule has 0 spiro atoms. The smallest absolute Gasteiger partial charge is 0.328 e. The van der Waals surface area contributed by atoms with Crippen LogP contribution in [-0.4, -0.2) is 16.9 Å². The number of esters is 1. The molecule has 0 saturated carbocycles. The molecule has 1 aromatic rings. The molecule has 0 aliphatic heterocycles. The zero-order valence-corrected chi connectivity index (χ0v) is 11.6. The van der Waals surface area contributed by atoms with Crippen LogP contribution in [0.15, 0.2) is 24.3 Å². The zero-order valence-electron chi connectivity index (χ0n) is 10.7. The van der Waals surface area contributed by atoms with E-state index < -0.39 is 16.9 Å². The maximum Gasteiger partial charge on any atom is 0.328 e. The first-order valence-electron chi connectivity index (χ1n) is 5.62. The van der Waals surface area contributed by atoms with E-state index in [4.69, 9.17) is 10.5 Å². The maximum absolute atomic E-state index is 11.6. The normalized spacial score (nSPS) is 11.6. The molecule has 19 heavy (non-hydrogen) atoms. The van der Waals surface area contributed by atoms with Crippen molar-refractivity contribution in [1.82, 2.24) is 0 Å². The van der Waals surface area contributed by atoms with Crippen LogP contribution >= 0.6 is 12.4 Å². The highest BCUT2D eigenvalue weighted by Crippen LogP contribution is 2.18. The first kappa shape index (κ1) is 17.3. The van der Waals surface area contributed by atoms with E-state index in [1.807, 2.05) is 13.8 Å². The Hall–Kier alpha value is -1.66. The summed E-state index contributed by atoms with van der Waals surface area (Å²) in [5, 5.41) is 10.4. The molecule has 0 fully saturated rings. The van der Waals surface area contributed by atoms with Crippen molar-refractivity contribution in [2.45, 2.75) is 26.3 Å². The summed E-state index contributed by atoms with van der Waals surface area (Å²) in [7, 11) is 0. The number of ether oxygens (including phenoxy) is 1. The summed E-state index contributed by atoms with van der Waals surface area (Å²) in [6.45, 7) is 3.91. The maximum atomic E-state index is 11.6. The summed E-state index contributed by atoms with van der Waals surface area (Å²) in [4.78, 5) is 21.5. The van der Waals surface area contributed by atoms with Crippen LogP contribution in [0, 0.1) is 16.0 Å². The molecule has 1 rings (SSSR count). The predicted molar refractivity (Wildman–Crippen MR) is 73.4 cm³/mol. The lowest BCUT2D eigenvalue weighted by molar-refractivity contribution is -0.384. The number of carbonyl (C=O) groups excluding carboxylic acids is 1. The summed E-state index contributed by atoms with van der Waals surface area (Å²) in [6.07, 6.45) is 0.534. The number of hydrogen-bond donors (Lipinski definition) is 1. The topological polar surface area (TPSA) is 95.5 Å². The lowest BCUT2D eigenvalue weighted by Crippen LogP contribution is -2.35. The van der Waals surface area contributed by atoms with Gasteiger partial charge < -0.3 is 10.5 Å². The Kier molecular flexibility index (Phi) is 7.03. The molecule has 1 atom stereocenters. The quantitative estimate of drug-likeness (QED) is 0.388. The number of rotatable bonds is 5. The number of nitrogens with two attached hydrogens (primary N) is 1. The second kappa shape index (κ2) is 7.70. The van der Waals surface area contributed by atoms with Crippen LogP contribution in [0.3, 0.4) is 0 Å². The van der Waals surface area contributed by atoms with Crippen LogP contribution in [0.2, 0.25) is 0 Å². The summed E-state index contributed by atoms with van der Waals surface area (Å²) < 4.78 is 5.03. The summed E-state index contributed by atoms with van der Waals surface area (Å²) in [6, 6.07) is 4.61. The number of halogens is 1. The first-order valence-corrected chi connectivity index (χ1v) is 5.62. The van der Waals surface area contributed by atoms with E-state index in [1.54, 1.807) is 0 Å². The van der Waals surface area contributed by atoms with Gasteiger partial charge in [-0.05, 0) is 24.5 Å². The van der Waals surface area contributed by atoms with Crippen molar-refractivity contribution in [1.29, 1.82) is 0 Å². The van der Waals surface area contributed by atoms with Crippen molar-refractivity contribution in [2.24, 2.45) is 11.7 Å². The average molecular weight is 289 g/mol. The Labute approximate surface area is 117 Å². The third-order valence-corrected chi connectivity index (χ3v) is 2.29. The second-order valence-electron chi connectivity index (χ2n) is 4.41. The van der Waals surface area contributed by atoms with Crippen LogP contribution in [-0.2, 0) is 4.79 Å². The Morgan fingerprint density at radius 2 is 1.89 bits per heavy atom. The number of carbonyl (C=O) groups is 1. The molecule has 7 heteroatoms. The molecule has 0 unspecified atom stereocenters. The molecular weight excluding hydrogens is 272 g/mol. The van der Waals surface area contributed by atoms with Crippen LogP contribution in [0.4, 0.5) is 5.69 Å². The Morgan fingerprint density at radius 3 is 2.32 bits per heavy atom. The molecule has 2 N–H and O–H groups in total. The molecule has 0 bridgehead atoms. The number of nitrogens with zero attached hydrogens (tertiary/aromatic N) is 1. The average Bonchev–Trinajstić information content (AvgIpc) is 2.28. The fourth-order valence-electron chi connectivity index (χ4n) is 1.43. The molecule has 0 heterocycles. The molecule has 6 nitrogen and oxygen atoms in total. The van der Waals surface area contributed by atoms with Gasteiger partial charge in [0.1, 0.15) is 11.8 Å². The third-order valence-electron chi connectivity index (χ3n) is 2.29. The van der Waals surface area contributed by atoms with Gasteiger partial charge in [-0.25, -0.2) is 4.79 Å². The van der Waals surface area contributed by atoms with E-state index in [9.17, 15) is 14.9 Å². The SMILES string of the molecule is CC(C)C[C@H](N)C(=O)Oc1ccc([N+](=O)[O-])cc1.Cl. The lowest BCUT2D eigenvalue weighted by Gasteiger charge is -2.12. The molecular formula is C12H17ClN2O4. The molecule has 0 amide bonds. The summed E-state index contributed by atoms with van der Waals surface area (Å²) in [5.41, 5.74) is 5.61. The number of hydrogen-bond acceptors (Lipinski definition) is 5. The fourth-order valence-corrected chi connectivity index (χ4v) is 1.43. The number of nitro benzene ring substituents is 1. The van der Waals surface area contributed by atoms with Crippen molar-refractivity contribution < 1.29 is 14.5 Å². The van der Waals surface area contributed by atoms with Gasteiger partial charge in [-0.3, -0.25) is 10.1 Å². The summed E-state index contributed by atoms with van der Waals surface area (Å²) in [5.74, 6) is 0.0202. The van der Waals surface area contributed by atoms with Crippen molar-refractivity contribution in [3.63, 3.8) is 0 Å². The Balaban J connectivity index is 0.00000324. The van der Waals surface area contributed by atoms with E-state index in [0.717, 1.165) is 0 Å². The predicted octanol–water partition coefficient (Wildman–Crippen LogP) is 2.30. The van der Waals surface area contributed by atoms with Crippen LogP contribution < -0.4 is 10.5 Å². The molecule has 1 aromatic carbocycles. The molecule has 0 radical (unpaired) electrons.